The molecule has 0 fully saturated rings. The van der Waals surface area contributed by atoms with Crippen molar-refractivity contribution in [3.63, 3.8) is 0 Å². The first-order valence-corrected chi connectivity index (χ1v) is 8.52. The lowest BCUT2D eigenvalue weighted by atomic mass is 9.91. The molecule has 1 aromatic carbocycles. The van der Waals surface area contributed by atoms with Crippen LogP contribution in [0.1, 0.15) is 24.2 Å². The fourth-order valence-corrected chi connectivity index (χ4v) is 4.71. The topological polar surface area (TPSA) is 56.1 Å². The minimum atomic E-state index is -3.71. The van der Waals surface area contributed by atoms with Crippen LogP contribution >= 0.6 is 0 Å². The Balaban J connectivity index is 2.29. The Hall–Kier alpha value is -2.14. The van der Waals surface area contributed by atoms with Crippen LogP contribution in [0.3, 0.4) is 0 Å². The molecule has 0 amide bonds. The van der Waals surface area contributed by atoms with E-state index < -0.39 is 14.8 Å². The van der Waals surface area contributed by atoms with Gasteiger partial charge in [0.2, 0.25) is 10.0 Å². The van der Waals surface area contributed by atoms with E-state index in [1.54, 1.807) is 43.3 Å². The molecule has 1 aliphatic rings. The number of benzene rings is 1. The fourth-order valence-electron chi connectivity index (χ4n) is 2.82. The van der Waals surface area contributed by atoms with Crippen LogP contribution in [0.5, 0.6) is 0 Å². The molecule has 114 valence electrons. The van der Waals surface area contributed by atoms with Gasteiger partial charge in [-0.3, -0.25) is 4.79 Å². The molecule has 0 saturated heterocycles. The molecule has 0 saturated carbocycles. The van der Waals surface area contributed by atoms with Crippen molar-refractivity contribution < 1.29 is 13.2 Å². The summed E-state index contributed by atoms with van der Waals surface area (Å²) in [5, 5.41) is 0.646. The number of aldehydes is 1. The van der Waals surface area contributed by atoms with Gasteiger partial charge in [-0.2, -0.15) is 0 Å². The molecular formula is C17H17NO3S. The summed E-state index contributed by atoms with van der Waals surface area (Å²) in [5.41, 5.74) is 0.909. The zero-order chi connectivity index (χ0) is 16.0. The Bertz CT molecular complexity index is 905. The first-order valence-electron chi connectivity index (χ1n) is 7.08. The van der Waals surface area contributed by atoms with Crippen molar-refractivity contribution >= 4 is 27.2 Å². The minimum Gasteiger partial charge on any atom is -0.298 e. The van der Waals surface area contributed by atoms with Gasteiger partial charge in [-0.1, -0.05) is 49.4 Å². The molecule has 1 aliphatic carbocycles. The summed E-state index contributed by atoms with van der Waals surface area (Å²) in [7, 11) is -3.71. The number of hydrogen-bond donors (Lipinski definition) is 0. The van der Waals surface area contributed by atoms with Crippen LogP contribution in [-0.2, 0) is 10.0 Å². The molecule has 0 spiro atoms. The lowest BCUT2D eigenvalue weighted by Crippen LogP contribution is -2.43. The summed E-state index contributed by atoms with van der Waals surface area (Å²) in [4.78, 5) is 11.2. The van der Waals surface area contributed by atoms with Gasteiger partial charge in [0, 0.05) is 17.1 Å². The van der Waals surface area contributed by atoms with E-state index in [2.05, 4.69) is 0 Å². The molecular weight excluding hydrogens is 298 g/mol. The maximum Gasteiger partial charge on any atom is 0.248 e. The second kappa shape index (κ2) is 4.95. The van der Waals surface area contributed by atoms with Gasteiger partial charge < -0.3 is 0 Å². The molecule has 22 heavy (non-hydrogen) atoms. The number of allylic oxidation sites excluding steroid dienone is 3. The third-order valence-electron chi connectivity index (χ3n) is 4.49. The number of carbonyl (C=O) groups excluding carboxylic acids is 1. The predicted octanol–water partition coefficient (Wildman–Crippen LogP) is 3.15. The number of rotatable bonds is 3. The van der Waals surface area contributed by atoms with Crippen molar-refractivity contribution in [3.8, 4) is 0 Å². The first-order chi connectivity index (χ1) is 10.4. The van der Waals surface area contributed by atoms with Gasteiger partial charge >= 0.3 is 0 Å². The van der Waals surface area contributed by atoms with Crippen LogP contribution < -0.4 is 0 Å². The van der Waals surface area contributed by atoms with Crippen molar-refractivity contribution in [3.05, 3.63) is 60.3 Å². The van der Waals surface area contributed by atoms with Gasteiger partial charge in [0.1, 0.15) is 4.75 Å². The molecule has 4 nitrogen and oxygen atoms in total. The van der Waals surface area contributed by atoms with Crippen LogP contribution in [0, 0.1) is 5.92 Å². The molecule has 3 rings (SSSR count). The predicted molar refractivity (Wildman–Crippen MR) is 87.5 cm³/mol. The number of hydrogen-bond acceptors (Lipinski definition) is 3. The number of carbonyl (C=O) groups is 1. The molecule has 1 heterocycles. The van der Waals surface area contributed by atoms with Crippen LogP contribution in [0.2, 0.25) is 0 Å². The lowest BCUT2D eigenvalue weighted by Gasteiger charge is -2.32. The number of para-hydroxylation sites is 1. The second-order valence-corrected chi connectivity index (χ2v) is 7.96. The van der Waals surface area contributed by atoms with E-state index in [1.165, 1.54) is 10.2 Å². The summed E-state index contributed by atoms with van der Waals surface area (Å²) in [6.45, 7) is 3.59. The largest absolute Gasteiger partial charge is 0.298 e. The molecule has 2 unspecified atom stereocenters. The normalized spacial score (nSPS) is 24.7. The Kier molecular flexibility index (Phi) is 3.33. The number of fused-ring (bicyclic) bond motifs is 1. The molecule has 0 aliphatic heterocycles. The average Bonchev–Trinajstić information content (AvgIpc) is 2.89. The molecule has 2 atom stereocenters. The van der Waals surface area contributed by atoms with Crippen molar-refractivity contribution in [2.75, 3.05) is 0 Å². The Morgan fingerprint density at radius 3 is 2.64 bits per heavy atom. The van der Waals surface area contributed by atoms with Crippen LogP contribution in [0.15, 0.2) is 54.8 Å². The summed E-state index contributed by atoms with van der Waals surface area (Å²) in [5.74, 6) is -0.164. The van der Waals surface area contributed by atoms with E-state index in [9.17, 15) is 13.2 Å². The van der Waals surface area contributed by atoms with E-state index in [1.807, 2.05) is 19.1 Å². The lowest BCUT2D eigenvalue weighted by molar-refractivity contribution is 0.112. The third kappa shape index (κ3) is 1.89. The van der Waals surface area contributed by atoms with Crippen molar-refractivity contribution in [2.45, 2.75) is 18.6 Å². The smallest absolute Gasteiger partial charge is 0.248 e. The van der Waals surface area contributed by atoms with Gasteiger partial charge in [-0.25, -0.2) is 12.4 Å². The molecule has 2 aromatic rings. The van der Waals surface area contributed by atoms with E-state index in [-0.39, 0.29) is 5.92 Å². The maximum atomic E-state index is 13.2. The van der Waals surface area contributed by atoms with E-state index >= 15 is 0 Å². The SMILES string of the molecule is CC1C=CC=CC1(C)S(=O)(=O)n1cc(C=O)c2ccccc21. The minimum absolute atomic E-state index is 0.164. The Labute approximate surface area is 129 Å². The first kappa shape index (κ1) is 14.8. The van der Waals surface area contributed by atoms with Crippen LogP contribution in [0.25, 0.3) is 10.9 Å². The quantitative estimate of drug-likeness (QED) is 0.818. The zero-order valence-corrected chi connectivity index (χ0v) is 13.2. The van der Waals surface area contributed by atoms with E-state index in [4.69, 9.17) is 0 Å². The second-order valence-electron chi connectivity index (χ2n) is 5.74. The highest BCUT2D eigenvalue weighted by Crippen LogP contribution is 2.35. The Morgan fingerprint density at radius 1 is 1.23 bits per heavy atom. The molecule has 5 heteroatoms. The van der Waals surface area contributed by atoms with Gasteiger partial charge in [0.15, 0.2) is 6.29 Å². The maximum absolute atomic E-state index is 13.2. The van der Waals surface area contributed by atoms with Crippen molar-refractivity contribution in [1.29, 1.82) is 0 Å². The van der Waals surface area contributed by atoms with Crippen molar-refractivity contribution in [2.24, 2.45) is 5.92 Å². The Morgan fingerprint density at radius 2 is 1.95 bits per heavy atom. The number of aromatic nitrogens is 1. The highest BCUT2D eigenvalue weighted by atomic mass is 32.2. The monoisotopic (exact) mass is 315 g/mol. The third-order valence-corrected chi connectivity index (χ3v) is 6.93. The zero-order valence-electron chi connectivity index (χ0n) is 12.4. The highest BCUT2D eigenvalue weighted by Gasteiger charge is 2.43. The van der Waals surface area contributed by atoms with E-state index in [0.29, 0.717) is 22.8 Å². The van der Waals surface area contributed by atoms with Crippen LogP contribution in [0.4, 0.5) is 0 Å². The highest BCUT2D eigenvalue weighted by molar-refractivity contribution is 7.91. The van der Waals surface area contributed by atoms with Gasteiger partial charge in [0.05, 0.1) is 5.52 Å². The van der Waals surface area contributed by atoms with E-state index in [0.717, 1.165) is 0 Å². The molecule has 1 aromatic heterocycles. The summed E-state index contributed by atoms with van der Waals surface area (Å²) < 4.78 is 26.6. The average molecular weight is 315 g/mol. The van der Waals surface area contributed by atoms with Crippen molar-refractivity contribution in [1.82, 2.24) is 3.97 Å². The molecule has 0 N–H and O–H groups in total. The van der Waals surface area contributed by atoms with Crippen LogP contribution in [-0.4, -0.2) is 23.4 Å². The summed E-state index contributed by atoms with van der Waals surface area (Å²) in [6.07, 6.45) is 9.30. The van der Waals surface area contributed by atoms with Gasteiger partial charge in [-0.15, -0.1) is 0 Å². The fraction of sp³-hybridized carbons (Fsp3) is 0.235. The molecule has 0 bridgehead atoms. The molecule has 0 radical (unpaired) electrons. The standard InChI is InChI=1S/C17H17NO3S/c1-13-7-5-6-10-17(13,2)22(20,21)18-11-14(12-19)15-8-3-4-9-16(15)18/h3-13H,1-2H3. The summed E-state index contributed by atoms with van der Waals surface area (Å²) >= 11 is 0. The van der Waals surface area contributed by atoms with Gasteiger partial charge in [-0.05, 0) is 18.9 Å². The van der Waals surface area contributed by atoms with Gasteiger partial charge in [0.25, 0.3) is 0 Å². The number of nitrogens with zero attached hydrogens (tertiary/aromatic N) is 1. The summed E-state index contributed by atoms with van der Waals surface area (Å²) in [6, 6.07) is 7.04.